The van der Waals surface area contributed by atoms with Gasteiger partial charge in [0.2, 0.25) is 10.0 Å². The Labute approximate surface area is 127 Å². The van der Waals surface area contributed by atoms with Gasteiger partial charge in [-0.1, -0.05) is 0 Å². The maximum Gasteiger partial charge on any atom is 0.212 e. The fourth-order valence-electron chi connectivity index (χ4n) is 1.64. The van der Waals surface area contributed by atoms with Crippen LogP contribution in [0.1, 0.15) is 5.69 Å². The van der Waals surface area contributed by atoms with E-state index in [0.717, 1.165) is 16.3 Å². The van der Waals surface area contributed by atoms with Crippen LogP contribution in [-0.4, -0.2) is 32.7 Å². The van der Waals surface area contributed by atoms with E-state index in [1.807, 2.05) is 5.38 Å². The van der Waals surface area contributed by atoms with E-state index < -0.39 is 10.0 Å². The molecule has 0 aliphatic rings. The Morgan fingerprint density at radius 2 is 2.00 bits per heavy atom. The van der Waals surface area contributed by atoms with Crippen molar-refractivity contribution in [2.75, 3.05) is 19.3 Å². The molecule has 0 atom stereocenters. The molecule has 0 aliphatic carbocycles. The third kappa shape index (κ3) is 4.85. The number of rotatable bonds is 7. The number of sulfonamides is 1. The topological polar surface area (TPSA) is 71.1 Å². The summed E-state index contributed by atoms with van der Waals surface area (Å²) in [5.41, 5.74) is 1.70. The van der Waals surface area contributed by atoms with E-state index in [0.29, 0.717) is 13.1 Å². The molecule has 2 N–H and O–H groups in total. The number of hydrogen-bond donors (Lipinski definition) is 2. The lowest BCUT2D eigenvalue weighted by Gasteiger charge is -2.03. The van der Waals surface area contributed by atoms with Crippen molar-refractivity contribution in [1.29, 1.82) is 0 Å². The van der Waals surface area contributed by atoms with E-state index in [9.17, 15) is 12.8 Å². The second-order valence-corrected chi connectivity index (χ2v) is 7.25. The van der Waals surface area contributed by atoms with Crippen LogP contribution in [-0.2, 0) is 16.6 Å². The van der Waals surface area contributed by atoms with Crippen LogP contribution < -0.4 is 10.0 Å². The molecule has 0 bridgehead atoms. The van der Waals surface area contributed by atoms with Crippen molar-refractivity contribution in [3.63, 3.8) is 0 Å². The van der Waals surface area contributed by atoms with Crippen molar-refractivity contribution in [3.8, 4) is 10.6 Å². The molecule has 0 radical (unpaired) electrons. The molecule has 1 heterocycles. The van der Waals surface area contributed by atoms with Crippen molar-refractivity contribution >= 4 is 21.4 Å². The fourth-order valence-corrected chi connectivity index (χ4v) is 3.08. The van der Waals surface area contributed by atoms with E-state index >= 15 is 0 Å². The summed E-state index contributed by atoms with van der Waals surface area (Å²) in [6.45, 7) is 0.851. The largest absolute Gasteiger partial charge is 0.310 e. The quantitative estimate of drug-likeness (QED) is 0.757. The van der Waals surface area contributed by atoms with Crippen LogP contribution in [0, 0.1) is 5.82 Å². The number of hydrogen-bond acceptors (Lipinski definition) is 5. The number of aromatic nitrogens is 1. The van der Waals surface area contributed by atoms with Gasteiger partial charge in [-0.05, 0) is 31.3 Å². The zero-order valence-corrected chi connectivity index (χ0v) is 13.1. The molecular formula is C13H16FN3O2S2. The van der Waals surface area contributed by atoms with Crippen molar-refractivity contribution in [2.24, 2.45) is 0 Å². The molecule has 0 amide bonds. The van der Waals surface area contributed by atoms with E-state index in [4.69, 9.17) is 0 Å². The highest BCUT2D eigenvalue weighted by molar-refractivity contribution is 7.89. The average Bonchev–Trinajstić information content (AvgIpc) is 2.93. The van der Waals surface area contributed by atoms with Crippen LogP contribution in [0.5, 0.6) is 0 Å². The van der Waals surface area contributed by atoms with Crippen molar-refractivity contribution in [3.05, 3.63) is 41.2 Å². The SMILES string of the molecule is CNS(=O)(=O)CCNCc1csc(-c2ccc(F)cc2)n1. The van der Waals surface area contributed by atoms with E-state index in [2.05, 4.69) is 15.0 Å². The van der Waals surface area contributed by atoms with Crippen molar-refractivity contribution in [2.45, 2.75) is 6.54 Å². The summed E-state index contributed by atoms with van der Waals surface area (Å²) in [6, 6.07) is 6.17. The Bertz CT molecular complexity index is 684. The highest BCUT2D eigenvalue weighted by Gasteiger charge is 2.07. The molecule has 1 aromatic heterocycles. The van der Waals surface area contributed by atoms with Crippen LogP contribution in [0.4, 0.5) is 4.39 Å². The van der Waals surface area contributed by atoms with Crippen LogP contribution >= 0.6 is 11.3 Å². The summed E-state index contributed by atoms with van der Waals surface area (Å²) in [6.07, 6.45) is 0. The Morgan fingerprint density at radius 1 is 1.29 bits per heavy atom. The number of nitrogens with zero attached hydrogens (tertiary/aromatic N) is 1. The van der Waals surface area contributed by atoms with Gasteiger partial charge in [-0.3, -0.25) is 0 Å². The Hall–Kier alpha value is -1.35. The molecular weight excluding hydrogens is 313 g/mol. The van der Waals surface area contributed by atoms with Gasteiger partial charge in [0.05, 0.1) is 11.4 Å². The minimum Gasteiger partial charge on any atom is -0.310 e. The molecule has 0 fully saturated rings. The standard InChI is InChI=1S/C13H16FN3O2S2/c1-15-21(18,19)7-6-16-8-12-9-20-13(17-12)10-2-4-11(14)5-3-10/h2-5,9,15-16H,6-8H2,1H3. The summed E-state index contributed by atoms with van der Waals surface area (Å²) < 4.78 is 37.6. The lowest BCUT2D eigenvalue weighted by atomic mass is 10.2. The zero-order valence-electron chi connectivity index (χ0n) is 11.5. The van der Waals surface area contributed by atoms with E-state index in [-0.39, 0.29) is 11.6 Å². The molecule has 0 unspecified atom stereocenters. The third-order valence-corrected chi connectivity index (χ3v) is 5.11. The van der Waals surface area contributed by atoms with Gasteiger partial charge in [0, 0.05) is 24.0 Å². The van der Waals surface area contributed by atoms with E-state index in [1.54, 1.807) is 12.1 Å². The first-order chi connectivity index (χ1) is 10.00. The van der Waals surface area contributed by atoms with Gasteiger partial charge in [0.15, 0.2) is 0 Å². The molecule has 8 heteroatoms. The Kier molecular flexibility index (Phi) is 5.40. The van der Waals surface area contributed by atoms with Gasteiger partial charge in [0.25, 0.3) is 0 Å². The molecule has 21 heavy (non-hydrogen) atoms. The van der Waals surface area contributed by atoms with Gasteiger partial charge in [-0.25, -0.2) is 22.5 Å². The molecule has 0 aliphatic heterocycles. The Balaban J connectivity index is 1.87. The van der Waals surface area contributed by atoms with Crippen LogP contribution in [0.2, 0.25) is 0 Å². The molecule has 0 saturated heterocycles. The zero-order chi connectivity index (χ0) is 15.3. The molecule has 0 spiro atoms. The predicted molar refractivity (Wildman–Crippen MR) is 82.1 cm³/mol. The van der Waals surface area contributed by atoms with Crippen LogP contribution in [0.25, 0.3) is 10.6 Å². The molecule has 0 saturated carbocycles. The number of thiazole rings is 1. The first kappa shape index (κ1) is 16.0. The maximum atomic E-state index is 12.9. The number of halogens is 1. The molecule has 5 nitrogen and oxygen atoms in total. The number of nitrogens with one attached hydrogen (secondary N) is 2. The summed E-state index contributed by atoms with van der Waals surface area (Å²) in [5, 5.41) is 5.75. The lowest BCUT2D eigenvalue weighted by molar-refractivity contribution is 0.582. The van der Waals surface area contributed by atoms with Gasteiger partial charge in [-0.15, -0.1) is 11.3 Å². The average molecular weight is 329 g/mol. The Morgan fingerprint density at radius 3 is 2.67 bits per heavy atom. The highest BCUT2D eigenvalue weighted by Crippen LogP contribution is 2.23. The second kappa shape index (κ2) is 7.08. The monoisotopic (exact) mass is 329 g/mol. The highest BCUT2D eigenvalue weighted by atomic mass is 32.2. The molecule has 2 aromatic rings. The normalized spacial score (nSPS) is 11.7. The molecule has 114 valence electrons. The van der Waals surface area contributed by atoms with Crippen molar-refractivity contribution < 1.29 is 12.8 Å². The maximum absolute atomic E-state index is 12.9. The first-order valence-electron chi connectivity index (χ1n) is 6.32. The smallest absolute Gasteiger partial charge is 0.212 e. The first-order valence-corrected chi connectivity index (χ1v) is 8.85. The van der Waals surface area contributed by atoms with Crippen LogP contribution in [0.3, 0.4) is 0 Å². The second-order valence-electron chi connectivity index (χ2n) is 4.35. The van der Waals surface area contributed by atoms with Crippen molar-refractivity contribution in [1.82, 2.24) is 15.0 Å². The van der Waals surface area contributed by atoms with E-state index in [1.165, 1.54) is 30.5 Å². The minimum atomic E-state index is -3.18. The summed E-state index contributed by atoms with van der Waals surface area (Å²) in [4.78, 5) is 4.43. The predicted octanol–water partition coefficient (Wildman–Crippen LogP) is 1.59. The lowest BCUT2D eigenvalue weighted by Crippen LogP contribution is -2.29. The van der Waals surface area contributed by atoms with Gasteiger partial charge in [-0.2, -0.15) is 0 Å². The third-order valence-electron chi connectivity index (χ3n) is 2.81. The van der Waals surface area contributed by atoms with Gasteiger partial charge < -0.3 is 5.32 Å². The summed E-state index contributed by atoms with van der Waals surface area (Å²) in [7, 11) is -1.79. The minimum absolute atomic E-state index is 0.0262. The fraction of sp³-hybridized carbons (Fsp3) is 0.308. The van der Waals surface area contributed by atoms with Gasteiger partial charge >= 0.3 is 0 Å². The van der Waals surface area contributed by atoms with Crippen LogP contribution in [0.15, 0.2) is 29.6 Å². The number of benzene rings is 1. The van der Waals surface area contributed by atoms with Gasteiger partial charge in [0.1, 0.15) is 10.8 Å². The summed E-state index contributed by atoms with van der Waals surface area (Å²) in [5.74, 6) is -0.249. The summed E-state index contributed by atoms with van der Waals surface area (Å²) >= 11 is 1.47. The molecule has 2 rings (SSSR count). The molecule has 1 aromatic carbocycles.